The fraction of sp³-hybridized carbons (Fsp3) is 0.375. The van der Waals surface area contributed by atoms with Crippen LogP contribution in [0.15, 0.2) is 11.8 Å². The summed E-state index contributed by atoms with van der Waals surface area (Å²) in [6.07, 6.45) is 1.05. The predicted molar refractivity (Wildman–Crippen MR) is 42.7 cm³/mol. The van der Waals surface area contributed by atoms with E-state index < -0.39 is 11.9 Å². The Morgan fingerprint density at radius 2 is 2.23 bits per heavy atom. The first kappa shape index (κ1) is 9.44. The first-order chi connectivity index (χ1) is 6.00. The second-order valence-electron chi connectivity index (χ2n) is 2.80. The molecule has 1 N–H and O–H groups in total. The van der Waals surface area contributed by atoms with Gasteiger partial charge in [-0.15, -0.1) is 0 Å². The molecule has 0 unspecified atom stereocenters. The summed E-state index contributed by atoms with van der Waals surface area (Å²) in [4.78, 5) is 33.4. The van der Waals surface area contributed by atoms with Gasteiger partial charge >= 0.3 is 5.97 Å². The van der Waals surface area contributed by atoms with Crippen molar-refractivity contribution in [2.75, 3.05) is 6.54 Å². The van der Waals surface area contributed by atoms with Gasteiger partial charge < -0.3 is 10.0 Å². The van der Waals surface area contributed by atoms with Crippen molar-refractivity contribution in [3.05, 3.63) is 11.8 Å². The average molecular weight is 183 g/mol. The standard InChI is InChI=1S/C8H9NO4/c1-5-2-6(10)3-7(11)9(5)4-8(12)13/h2H,3-4H2,1H3,(H,12,13). The van der Waals surface area contributed by atoms with Crippen molar-refractivity contribution < 1.29 is 19.5 Å². The maximum Gasteiger partial charge on any atom is 0.323 e. The number of hydrogen-bond donors (Lipinski definition) is 1. The smallest absolute Gasteiger partial charge is 0.323 e. The van der Waals surface area contributed by atoms with E-state index in [9.17, 15) is 14.4 Å². The summed E-state index contributed by atoms with van der Waals surface area (Å²) < 4.78 is 0. The molecule has 0 aromatic heterocycles. The Morgan fingerprint density at radius 1 is 1.62 bits per heavy atom. The van der Waals surface area contributed by atoms with Crippen LogP contribution in [-0.2, 0) is 14.4 Å². The normalized spacial score (nSPS) is 17.3. The second kappa shape index (κ2) is 3.38. The van der Waals surface area contributed by atoms with Crippen LogP contribution in [0.3, 0.4) is 0 Å². The highest BCUT2D eigenvalue weighted by Crippen LogP contribution is 2.12. The van der Waals surface area contributed by atoms with E-state index in [2.05, 4.69) is 0 Å². The zero-order valence-corrected chi connectivity index (χ0v) is 7.11. The molecule has 0 aromatic rings. The lowest BCUT2D eigenvalue weighted by Crippen LogP contribution is -2.38. The molecule has 0 aromatic carbocycles. The molecular weight excluding hydrogens is 174 g/mol. The first-order valence-electron chi connectivity index (χ1n) is 3.74. The molecule has 1 rings (SSSR count). The SMILES string of the molecule is CC1=CC(=O)CC(=O)N1CC(=O)O. The quantitative estimate of drug-likeness (QED) is 0.600. The van der Waals surface area contributed by atoms with Crippen molar-refractivity contribution >= 4 is 17.7 Å². The maximum absolute atomic E-state index is 11.2. The van der Waals surface area contributed by atoms with Crippen LogP contribution < -0.4 is 0 Å². The molecule has 1 heterocycles. The number of nitrogens with zero attached hydrogens (tertiary/aromatic N) is 1. The number of carbonyl (C=O) groups is 3. The number of hydrogen-bond acceptors (Lipinski definition) is 3. The van der Waals surface area contributed by atoms with Crippen molar-refractivity contribution in [1.82, 2.24) is 4.90 Å². The van der Waals surface area contributed by atoms with Crippen LogP contribution in [0, 0.1) is 0 Å². The van der Waals surface area contributed by atoms with Gasteiger partial charge in [0.25, 0.3) is 0 Å². The van der Waals surface area contributed by atoms with E-state index in [1.807, 2.05) is 0 Å². The van der Waals surface area contributed by atoms with E-state index in [4.69, 9.17) is 5.11 Å². The summed E-state index contributed by atoms with van der Waals surface area (Å²) in [5.41, 5.74) is 0.392. The minimum atomic E-state index is -1.09. The molecule has 0 atom stereocenters. The lowest BCUT2D eigenvalue weighted by atomic mass is 10.1. The van der Waals surface area contributed by atoms with E-state index in [0.29, 0.717) is 5.70 Å². The van der Waals surface area contributed by atoms with Gasteiger partial charge in [-0.25, -0.2) is 0 Å². The summed E-state index contributed by atoms with van der Waals surface area (Å²) in [5, 5.41) is 8.46. The van der Waals surface area contributed by atoms with E-state index in [1.54, 1.807) is 0 Å². The lowest BCUT2D eigenvalue weighted by Gasteiger charge is -2.23. The molecular formula is C8H9NO4. The minimum Gasteiger partial charge on any atom is -0.480 e. The molecule has 0 fully saturated rings. The molecule has 1 aliphatic heterocycles. The summed E-state index contributed by atoms with van der Waals surface area (Å²) in [6, 6.07) is 0. The zero-order valence-electron chi connectivity index (χ0n) is 7.11. The molecule has 0 saturated heterocycles. The van der Waals surface area contributed by atoms with Crippen LogP contribution in [0.4, 0.5) is 0 Å². The first-order valence-corrected chi connectivity index (χ1v) is 3.74. The van der Waals surface area contributed by atoms with Crippen molar-refractivity contribution in [2.45, 2.75) is 13.3 Å². The number of rotatable bonds is 2. The number of carboxylic acids is 1. The zero-order chi connectivity index (χ0) is 10.0. The Kier molecular flexibility index (Phi) is 2.46. The van der Waals surface area contributed by atoms with E-state index in [1.165, 1.54) is 13.0 Å². The number of allylic oxidation sites excluding steroid dienone is 2. The van der Waals surface area contributed by atoms with Crippen LogP contribution in [0.25, 0.3) is 0 Å². The molecule has 1 aliphatic rings. The van der Waals surface area contributed by atoms with E-state index in [-0.39, 0.29) is 18.7 Å². The Balaban J connectivity index is 2.84. The molecule has 70 valence electrons. The number of aliphatic carboxylic acids is 1. The van der Waals surface area contributed by atoms with Crippen LogP contribution in [0.5, 0.6) is 0 Å². The highest BCUT2D eigenvalue weighted by Gasteiger charge is 2.24. The molecule has 0 bridgehead atoms. The molecule has 5 nitrogen and oxygen atoms in total. The fourth-order valence-corrected chi connectivity index (χ4v) is 1.15. The van der Waals surface area contributed by atoms with Crippen LogP contribution >= 0.6 is 0 Å². The Morgan fingerprint density at radius 3 is 2.69 bits per heavy atom. The Labute approximate surface area is 74.6 Å². The van der Waals surface area contributed by atoms with Gasteiger partial charge in [-0.1, -0.05) is 0 Å². The van der Waals surface area contributed by atoms with E-state index >= 15 is 0 Å². The third-order valence-electron chi connectivity index (χ3n) is 1.72. The summed E-state index contributed by atoms with van der Waals surface area (Å²) in [7, 11) is 0. The largest absolute Gasteiger partial charge is 0.480 e. The van der Waals surface area contributed by atoms with Gasteiger partial charge in [0.15, 0.2) is 5.78 Å². The lowest BCUT2D eigenvalue weighted by molar-refractivity contribution is -0.144. The highest BCUT2D eigenvalue weighted by atomic mass is 16.4. The second-order valence-corrected chi connectivity index (χ2v) is 2.80. The van der Waals surface area contributed by atoms with Gasteiger partial charge in [0.2, 0.25) is 5.91 Å². The van der Waals surface area contributed by atoms with Gasteiger partial charge in [0.05, 0.1) is 6.42 Å². The monoisotopic (exact) mass is 183 g/mol. The number of ketones is 1. The van der Waals surface area contributed by atoms with Crippen molar-refractivity contribution in [3.63, 3.8) is 0 Å². The molecule has 0 radical (unpaired) electrons. The molecule has 5 heteroatoms. The Bertz CT molecular complexity index is 305. The molecule has 0 aliphatic carbocycles. The van der Waals surface area contributed by atoms with Crippen molar-refractivity contribution in [2.24, 2.45) is 0 Å². The third kappa shape index (κ3) is 2.14. The molecule has 0 saturated carbocycles. The topological polar surface area (TPSA) is 74.7 Å². The number of carboxylic acid groups (broad SMARTS) is 1. The van der Waals surface area contributed by atoms with Gasteiger partial charge in [0.1, 0.15) is 6.54 Å². The van der Waals surface area contributed by atoms with Gasteiger partial charge in [-0.05, 0) is 6.92 Å². The summed E-state index contributed by atoms with van der Waals surface area (Å²) >= 11 is 0. The minimum absolute atomic E-state index is 0.232. The molecule has 1 amide bonds. The summed E-state index contributed by atoms with van der Waals surface area (Å²) in [5.74, 6) is -1.81. The van der Waals surface area contributed by atoms with Gasteiger partial charge in [-0.3, -0.25) is 14.4 Å². The van der Waals surface area contributed by atoms with Crippen LogP contribution in [-0.4, -0.2) is 34.2 Å². The molecule has 13 heavy (non-hydrogen) atoms. The number of carbonyl (C=O) groups excluding carboxylic acids is 2. The molecule has 0 spiro atoms. The Hall–Kier alpha value is -1.65. The maximum atomic E-state index is 11.2. The highest BCUT2D eigenvalue weighted by molar-refractivity contribution is 6.07. The third-order valence-corrected chi connectivity index (χ3v) is 1.72. The van der Waals surface area contributed by atoms with Gasteiger partial charge in [0, 0.05) is 11.8 Å². The average Bonchev–Trinajstić information content (AvgIpc) is 1.96. The van der Waals surface area contributed by atoms with Crippen LogP contribution in [0.2, 0.25) is 0 Å². The fourth-order valence-electron chi connectivity index (χ4n) is 1.15. The van der Waals surface area contributed by atoms with Crippen molar-refractivity contribution in [3.8, 4) is 0 Å². The predicted octanol–water partition coefficient (Wildman–Crippen LogP) is -0.224. The van der Waals surface area contributed by atoms with Gasteiger partial charge in [-0.2, -0.15) is 0 Å². The van der Waals surface area contributed by atoms with Crippen molar-refractivity contribution in [1.29, 1.82) is 0 Å². The van der Waals surface area contributed by atoms with Crippen LogP contribution in [0.1, 0.15) is 13.3 Å². The number of amides is 1. The van der Waals surface area contributed by atoms with E-state index in [0.717, 1.165) is 4.90 Å². The summed E-state index contributed by atoms with van der Waals surface area (Å²) in [6.45, 7) is 1.16.